The quantitative estimate of drug-likeness (QED) is 0.187. The second-order valence-corrected chi connectivity index (χ2v) is 14.1. The van der Waals surface area contributed by atoms with Gasteiger partial charge in [0.05, 0.1) is 66.6 Å². The van der Waals surface area contributed by atoms with E-state index < -0.39 is 101 Å². The summed E-state index contributed by atoms with van der Waals surface area (Å²) in [6, 6.07) is 35.7. The Morgan fingerprint density at radius 1 is 0.345 bits per heavy atom. The second kappa shape index (κ2) is 12.6. The predicted molar refractivity (Wildman–Crippen MR) is 242 cm³/mol. The van der Waals surface area contributed by atoms with Crippen LogP contribution < -0.4 is 0 Å². The van der Waals surface area contributed by atoms with Crippen LogP contribution in [0, 0.1) is 0 Å². The van der Waals surface area contributed by atoms with Crippen LogP contribution >= 0.6 is 0 Å². The Kier molecular flexibility index (Phi) is 4.92. The van der Waals surface area contributed by atoms with Crippen LogP contribution in [0.4, 0.5) is 0 Å². The zero-order chi connectivity index (χ0) is 48.8. The molecule has 0 aliphatic rings. The fourth-order valence-corrected chi connectivity index (χ4v) is 8.65. The highest BCUT2D eigenvalue weighted by Gasteiger charge is 2.23. The fraction of sp³-hybridized carbons (Fsp3) is 0. The maximum absolute atomic E-state index is 12.3. The van der Waals surface area contributed by atoms with Crippen molar-refractivity contribution in [1.29, 1.82) is 0 Å². The van der Waals surface area contributed by atoms with E-state index in [0.717, 1.165) is 65.8 Å². The van der Waals surface area contributed by atoms with E-state index in [2.05, 4.69) is 63.7 Å². The van der Waals surface area contributed by atoms with Crippen molar-refractivity contribution in [3.05, 3.63) is 206 Å². The van der Waals surface area contributed by atoms with Gasteiger partial charge in [0, 0.05) is 32.3 Å². The van der Waals surface area contributed by atoms with Crippen molar-refractivity contribution in [3.63, 3.8) is 0 Å². The largest absolute Gasteiger partial charge is 0.506 e. The van der Waals surface area contributed by atoms with E-state index in [9.17, 15) is 9.22 Å². The zero-order valence-corrected chi connectivity index (χ0v) is 30.5. The molecule has 0 fully saturated rings. The first kappa shape index (κ1) is 22.7. The van der Waals surface area contributed by atoms with Crippen LogP contribution in [-0.4, -0.2) is 18.8 Å². The zero-order valence-electron chi connectivity index (χ0n) is 42.5. The van der Waals surface area contributed by atoms with Crippen molar-refractivity contribution in [3.8, 4) is 45.1 Å². The number of para-hydroxylation sites is 5. The summed E-state index contributed by atoms with van der Waals surface area (Å²) in [5, 5.41) is 18.0. The molecule has 0 unspecified atom stereocenters. The van der Waals surface area contributed by atoms with Crippen molar-refractivity contribution in [2.75, 3.05) is 0 Å². The number of nitrogens with zero attached hydrogens (tertiary/aromatic N) is 3. The first-order valence-electron chi connectivity index (χ1n) is 24.8. The third-order valence-corrected chi connectivity index (χ3v) is 11.0. The average molecular weight is 754 g/mol. The highest BCUT2D eigenvalue weighted by Crippen LogP contribution is 2.44. The summed E-state index contributed by atoms with van der Waals surface area (Å²) < 4.78 is 112. The van der Waals surface area contributed by atoms with Crippen LogP contribution in [0.3, 0.4) is 0 Å². The van der Waals surface area contributed by atoms with Crippen molar-refractivity contribution in [2.24, 2.45) is 0 Å². The maximum atomic E-state index is 12.3. The molecule has 12 aromatic rings. The Labute approximate surface area is 351 Å². The van der Waals surface area contributed by atoms with E-state index in [-0.39, 0.29) is 5.69 Å². The molecule has 9 aromatic carbocycles. The van der Waals surface area contributed by atoms with Crippen LogP contribution in [0.1, 0.15) is 16.4 Å². The van der Waals surface area contributed by atoms with E-state index in [0.29, 0.717) is 11.0 Å². The molecular formula is C54H35N3O. The van der Waals surface area contributed by atoms with Gasteiger partial charge in [-0.3, -0.25) is 0 Å². The summed E-state index contributed by atoms with van der Waals surface area (Å²) in [6.07, 6.45) is 0. The SMILES string of the molecule is [2H]c1c([2H])c([2H])c(-c2c([2H])c([2H])c(-c3c([2H])c([2H])c(-n4c5ccccc5c5c(-n6c7ccccc7c7cccc(-n8c9ccccc9c9ccccc98)c76)cccc54)c(O)c3[2H])c([2H])c2[2H])c([2H])c1[2H]. The molecule has 0 saturated heterocycles. The summed E-state index contributed by atoms with van der Waals surface area (Å²) in [6.45, 7) is 0. The molecule has 0 amide bonds. The number of hydrogen-bond acceptors (Lipinski definition) is 1. The van der Waals surface area contributed by atoms with Crippen LogP contribution in [0.2, 0.25) is 0 Å². The molecule has 4 heteroatoms. The van der Waals surface area contributed by atoms with E-state index in [1.54, 1.807) is 4.57 Å². The molecule has 3 aromatic heterocycles. The van der Waals surface area contributed by atoms with Crippen molar-refractivity contribution in [2.45, 2.75) is 0 Å². The number of benzene rings is 9. The Bertz CT molecular complexity index is 4160. The van der Waals surface area contributed by atoms with Crippen LogP contribution in [0.25, 0.3) is 105 Å². The van der Waals surface area contributed by atoms with Crippen LogP contribution in [-0.2, 0) is 0 Å². The highest BCUT2D eigenvalue weighted by atomic mass is 16.3. The molecule has 272 valence electrons. The summed E-state index contributed by atoms with van der Waals surface area (Å²) in [5.41, 5.74) is 4.37. The first-order chi connectivity index (χ1) is 33.7. The van der Waals surface area contributed by atoms with Crippen LogP contribution in [0.5, 0.6) is 5.75 Å². The standard InChI is InChI=1S/C54H35N3O/c58-52-34-38(37-30-28-36(29-31-37)35-14-2-1-3-15-35)32-33-48(52)56-47-24-11-7-19-43(47)53-49(56)25-13-26-50(53)57-46-23-10-6-18-41(46)42-20-12-27-51(54(42)57)55-44-21-8-4-16-39(44)40-17-5-9-22-45(40)55/h1-34,58H/i1D,2D,3D,14D,15D,28D,29D,30D,31D,32D,33D,34D. The average Bonchev–Trinajstić information content (AvgIpc) is 4.02. The fourth-order valence-electron chi connectivity index (χ4n) is 8.65. The number of aromatic nitrogens is 3. The summed E-state index contributed by atoms with van der Waals surface area (Å²) >= 11 is 0. The monoisotopic (exact) mass is 753 g/mol. The van der Waals surface area contributed by atoms with Gasteiger partial charge in [-0.05, 0) is 76.8 Å². The highest BCUT2D eigenvalue weighted by molar-refractivity contribution is 6.18. The lowest BCUT2D eigenvalue weighted by atomic mass is 10.00. The second-order valence-electron chi connectivity index (χ2n) is 14.1. The Morgan fingerprint density at radius 2 is 0.793 bits per heavy atom. The molecule has 0 saturated carbocycles. The molecule has 1 N–H and O–H groups in total. The minimum Gasteiger partial charge on any atom is -0.506 e. The molecule has 0 radical (unpaired) electrons. The molecular weight excluding hydrogens is 707 g/mol. The van der Waals surface area contributed by atoms with Crippen molar-refractivity contribution < 1.29 is 21.6 Å². The maximum Gasteiger partial charge on any atom is 0.140 e. The van der Waals surface area contributed by atoms with Gasteiger partial charge in [-0.25, -0.2) is 0 Å². The van der Waals surface area contributed by atoms with Gasteiger partial charge < -0.3 is 18.8 Å². The van der Waals surface area contributed by atoms with Gasteiger partial charge in [0.15, 0.2) is 0 Å². The van der Waals surface area contributed by atoms with E-state index in [1.807, 2.05) is 78.9 Å². The van der Waals surface area contributed by atoms with E-state index >= 15 is 0 Å². The molecule has 0 aliphatic heterocycles. The minimum absolute atomic E-state index is 0.207. The lowest BCUT2D eigenvalue weighted by Crippen LogP contribution is -2.01. The predicted octanol–water partition coefficient (Wildman–Crippen LogP) is 14.0. The Hall–Kier alpha value is -7.82. The first-order valence-corrected chi connectivity index (χ1v) is 18.8. The van der Waals surface area contributed by atoms with Gasteiger partial charge >= 0.3 is 0 Å². The van der Waals surface area contributed by atoms with Gasteiger partial charge in [-0.1, -0.05) is 151 Å². The lowest BCUT2D eigenvalue weighted by molar-refractivity contribution is 0.473. The van der Waals surface area contributed by atoms with Gasteiger partial charge in [0.25, 0.3) is 0 Å². The molecule has 3 heterocycles. The van der Waals surface area contributed by atoms with Gasteiger partial charge in [-0.2, -0.15) is 0 Å². The van der Waals surface area contributed by atoms with E-state index in [4.69, 9.17) is 12.3 Å². The number of phenolic OH excluding ortho intramolecular Hbond substituents is 1. The molecule has 12 rings (SSSR count). The van der Waals surface area contributed by atoms with Gasteiger partial charge in [-0.15, -0.1) is 0 Å². The normalized spacial score (nSPS) is 14.8. The summed E-state index contributed by atoms with van der Waals surface area (Å²) in [7, 11) is 0. The van der Waals surface area contributed by atoms with Crippen molar-refractivity contribution >= 4 is 65.4 Å². The van der Waals surface area contributed by atoms with Crippen LogP contribution in [0.15, 0.2) is 206 Å². The Balaban J connectivity index is 1.12. The lowest BCUT2D eigenvalue weighted by Gasteiger charge is -2.16. The summed E-state index contributed by atoms with van der Waals surface area (Å²) in [4.78, 5) is 0. The van der Waals surface area contributed by atoms with E-state index in [1.165, 1.54) is 0 Å². The number of phenols is 1. The number of hydrogen-bond donors (Lipinski definition) is 1. The molecule has 4 nitrogen and oxygen atoms in total. The third kappa shape index (κ3) is 4.69. The number of fused-ring (bicyclic) bond motifs is 9. The molecule has 0 spiro atoms. The summed E-state index contributed by atoms with van der Waals surface area (Å²) in [5.74, 6) is -0.749. The smallest absolute Gasteiger partial charge is 0.140 e. The molecule has 0 aliphatic carbocycles. The van der Waals surface area contributed by atoms with Gasteiger partial charge in [0.2, 0.25) is 0 Å². The van der Waals surface area contributed by atoms with Crippen molar-refractivity contribution in [1.82, 2.24) is 13.7 Å². The minimum atomic E-state index is -0.788. The molecule has 58 heavy (non-hydrogen) atoms. The Morgan fingerprint density at radius 3 is 1.47 bits per heavy atom. The van der Waals surface area contributed by atoms with Gasteiger partial charge in [0.1, 0.15) is 5.75 Å². The molecule has 0 bridgehead atoms. The molecule has 0 atom stereocenters. The third-order valence-electron chi connectivity index (χ3n) is 11.0. The topological polar surface area (TPSA) is 35.0 Å². The number of rotatable bonds is 5. The number of aromatic hydroxyl groups is 1.